The van der Waals surface area contributed by atoms with Crippen LogP contribution in [-0.4, -0.2) is 84.7 Å². The number of carboxylic acid groups (broad SMARTS) is 1. The summed E-state index contributed by atoms with van der Waals surface area (Å²) in [6.07, 6.45) is 3.06. The fourth-order valence-electron chi connectivity index (χ4n) is 6.14. The van der Waals surface area contributed by atoms with E-state index in [1.165, 1.54) is 4.21 Å². The topological polar surface area (TPSA) is 75.1 Å². The second-order valence-electron chi connectivity index (χ2n) is 11.2. The van der Waals surface area contributed by atoms with Crippen LogP contribution in [0.1, 0.15) is 49.4 Å². The number of aromatic nitrogens is 1. The van der Waals surface area contributed by atoms with Gasteiger partial charge in [-0.15, -0.1) is 23.1 Å². The van der Waals surface area contributed by atoms with Crippen molar-refractivity contribution in [2.75, 3.05) is 58.8 Å². The third-order valence-corrected chi connectivity index (χ3v) is 10.6. The number of pyridine rings is 1. The molecule has 1 N–H and O–H groups in total. The van der Waals surface area contributed by atoms with Gasteiger partial charge in [0.1, 0.15) is 11.9 Å². The second-order valence-corrected chi connectivity index (χ2v) is 13.5. The van der Waals surface area contributed by atoms with Crippen LogP contribution in [0.4, 0.5) is 4.39 Å². The molecule has 3 aromatic rings. The lowest BCUT2D eigenvalue weighted by molar-refractivity contribution is -0.141. The Bertz CT molecular complexity index is 1280. The molecule has 4 heterocycles. The first-order valence-corrected chi connectivity index (χ1v) is 16.3. The largest absolute Gasteiger partial charge is 0.497 e. The zero-order valence-corrected chi connectivity index (χ0v) is 25.4. The van der Waals surface area contributed by atoms with Gasteiger partial charge in [0.25, 0.3) is 0 Å². The van der Waals surface area contributed by atoms with Crippen molar-refractivity contribution in [1.29, 1.82) is 0 Å². The van der Waals surface area contributed by atoms with Gasteiger partial charge in [-0.3, -0.25) is 14.7 Å². The van der Waals surface area contributed by atoms with E-state index in [1.807, 2.05) is 36.2 Å². The Morgan fingerprint density at radius 1 is 1.22 bits per heavy atom. The van der Waals surface area contributed by atoms with Crippen molar-refractivity contribution in [3.05, 3.63) is 53.0 Å². The number of alkyl halides is 1. The number of ether oxygens (including phenoxy) is 2. The highest BCUT2D eigenvalue weighted by molar-refractivity contribution is 8.01. The zero-order chi connectivity index (χ0) is 28.7. The quantitative estimate of drug-likeness (QED) is 0.230. The van der Waals surface area contributed by atoms with Crippen LogP contribution < -0.4 is 4.74 Å². The van der Waals surface area contributed by atoms with Crippen molar-refractivity contribution in [3.63, 3.8) is 0 Å². The normalized spacial score (nSPS) is 18.9. The fraction of sp³-hybridized carbons (Fsp3) is 0.548. The predicted molar refractivity (Wildman–Crippen MR) is 163 cm³/mol. The Kier molecular flexibility index (Phi) is 10.5. The standard InChI is InChI=1S/C31H40FN3O4S2/c1-38-24-4-5-27-25(19-24)30(23(21-33-27)22-35-12-15-39-16-13-35)26(32)6-7-31(20-28(36)37)8-10-34(11-9-31)14-18-41-29-3-2-17-40-29/h2-5,17,19,21,26H,6-16,18,20,22H2,1H3,(H,36,37). The Morgan fingerprint density at radius 3 is 2.73 bits per heavy atom. The second kappa shape index (κ2) is 14.3. The molecular weight excluding hydrogens is 561 g/mol. The van der Waals surface area contributed by atoms with Crippen LogP contribution in [0.15, 0.2) is 46.1 Å². The maximum Gasteiger partial charge on any atom is 0.303 e. The molecule has 2 aliphatic rings. The van der Waals surface area contributed by atoms with Crippen molar-refractivity contribution >= 4 is 40.0 Å². The van der Waals surface area contributed by atoms with Gasteiger partial charge in [0.2, 0.25) is 0 Å². The van der Waals surface area contributed by atoms with Crippen LogP contribution in [0.2, 0.25) is 0 Å². The molecule has 0 radical (unpaired) electrons. The van der Waals surface area contributed by atoms with Crippen LogP contribution >= 0.6 is 23.1 Å². The van der Waals surface area contributed by atoms with Gasteiger partial charge in [-0.25, -0.2) is 4.39 Å². The molecule has 1 aromatic carbocycles. The number of rotatable bonds is 13. The number of carbonyl (C=O) groups is 1. The van der Waals surface area contributed by atoms with Gasteiger partial charge in [0, 0.05) is 49.1 Å². The highest BCUT2D eigenvalue weighted by atomic mass is 32.2. The van der Waals surface area contributed by atoms with Crippen molar-refractivity contribution in [1.82, 2.24) is 14.8 Å². The lowest BCUT2D eigenvalue weighted by atomic mass is 9.71. The van der Waals surface area contributed by atoms with E-state index in [9.17, 15) is 9.90 Å². The predicted octanol–water partition coefficient (Wildman–Crippen LogP) is 6.28. The first-order chi connectivity index (χ1) is 19.9. The van der Waals surface area contributed by atoms with Crippen molar-refractivity contribution in [2.45, 2.75) is 49.0 Å². The number of likely N-dealkylation sites (tertiary alicyclic amines) is 1. The van der Waals surface area contributed by atoms with Crippen LogP contribution in [0.25, 0.3) is 10.9 Å². The SMILES string of the molecule is COc1ccc2ncc(CN3CCOCC3)c(C(F)CCC3(CC(=O)O)CCN(CCSc4cccs4)CC3)c2c1. The number of carboxylic acids is 1. The molecule has 222 valence electrons. The molecule has 10 heteroatoms. The average Bonchev–Trinajstić information content (AvgIpc) is 3.50. The van der Waals surface area contributed by atoms with Crippen molar-refractivity contribution in [3.8, 4) is 5.75 Å². The van der Waals surface area contributed by atoms with Gasteiger partial charge in [-0.1, -0.05) is 6.07 Å². The third kappa shape index (κ3) is 7.99. The summed E-state index contributed by atoms with van der Waals surface area (Å²) in [6.45, 7) is 6.24. The molecule has 2 aromatic heterocycles. The number of hydrogen-bond donors (Lipinski definition) is 1. The number of hydrogen-bond acceptors (Lipinski definition) is 8. The molecule has 2 fully saturated rings. The van der Waals surface area contributed by atoms with Gasteiger partial charge in [-0.05, 0) is 79.4 Å². The summed E-state index contributed by atoms with van der Waals surface area (Å²) in [7, 11) is 1.61. The first-order valence-electron chi connectivity index (χ1n) is 14.4. The van der Waals surface area contributed by atoms with Gasteiger partial charge >= 0.3 is 5.97 Å². The molecule has 1 unspecified atom stereocenters. The Morgan fingerprint density at radius 2 is 2.02 bits per heavy atom. The maximum absolute atomic E-state index is 16.5. The number of thioether (sulfide) groups is 1. The first kappa shape index (κ1) is 30.2. The van der Waals surface area contributed by atoms with Gasteiger partial charge in [-0.2, -0.15) is 0 Å². The molecule has 7 nitrogen and oxygen atoms in total. The minimum Gasteiger partial charge on any atom is -0.497 e. The van der Waals surface area contributed by atoms with Crippen LogP contribution in [-0.2, 0) is 16.1 Å². The minimum atomic E-state index is -1.23. The highest BCUT2D eigenvalue weighted by Crippen LogP contribution is 2.43. The molecule has 2 saturated heterocycles. The molecule has 0 spiro atoms. The monoisotopic (exact) mass is 601 g/mol. The van der Waals surface area contributed by atoms with E-state index >= 15 is 4.39 Å². The molecule has 2 aliphatic heterocycles. The van der Waals surface area contributed by atoms with Crippen molar-refractivity contribution in [2.24, 2.45) is 5.41 Å². The van der Waals surface area contributed by atoms with E-state index in [4.69, 9.17) is 9.47 Å². The number of piperidine rings is 1. The summed E-state index contributed by atoms with van der Waals surface area (Å²) >= 11 is 3.63. The van der Waals surface area contributed by atoms with E-state index in [2.05, 4.69) is 32.3 Å². The molecule has 5 rings (SSSR count). The van der Waals surface area contributed by atoms with Crippen LogP contribution in [0, 0.1) is 5.41 Å². The third-order valence-electron chi connectivity index (χ3n) is 8.53. The number of benzene rings is 1. The zero-order valence-electron chi connectivity index (χ0n) is 23.7. The molecule has 0 amide bonds. The molecule has 0 aliphatic carbocycles. The van der Waals surface area contributed by atoms with Crippen LogP contribution in [0.5, 0.6) is 5.75 Å². The molecule has 0 bridgehead atoms. The highest BCUT2D eigenvalue weighted by Gasteiger charge is 2.37. The summed E-state index contributed by atoms with van der Waals surface area (Å²) in [4.78, 5) is 21.3. The number of methoxy groups -OCH3 is 1. The Labute approximate surface area is 250 Å². The fourth-order valence-corrected chi connectivity index (χ4v) is 8.00. The number of thiophene rings is 1. The number of nitrogens with zero attached hydrogens (tertiary/aromatic N) is 3. The van der Waals surface area contributed by atoms with Gasteiger partial charge < -0.3 is 19.5 Å². The van der Waals surface area contributed by atoms with Gasteiger partial charge in [0.05, 0.1) is 36.5 Å². The summed E-state index contributed by atoms with van der Waals surface area (Å²) in [6, 6.07) is 9.82. The summed E-state index contributed by atoms with van der Waals surface area (Å²) in [5, 5.41) is 12.7. The minimum absolute atomic E-state index is 0.0864. The smallest absolute Gasteiger partial charge is 0.303 e. The molecule has 0 saturated carbocycles. The molecular formula is C31H40FN3O4S2. The lowest BCUT2D eigenvalue weighted by Crippen LogP contribution is -2.42. The van der Waals surface area contributed by atoms with Crippen molar-refractivity contribution < 1.29 is 23.8 Å². The van der Waals surface area contributed by atoms with E-state index < -0.39 is 17.6 Å². The molecule has 41 heavy (non-hydrogen) atoms. The number of morpholine rings is 1. The van der Waals surface area contributed by atoms with Gasteiger partial charge in [0.15, 0.2) is 0 Å². The van der Waals surface area contributed by atoms with E-state index in [0.717, 1.165) is 67.8 Å². The summed E-state index contributed by atoms with van der Waals surface area (Å²) in [5.74, 6) is 0.890. The maximum atomic E-state index is 16.5. The number of halogens is 1. The summed E-state index contributed by atoms with van der Waals surface area (Å²) in [5.41, 5.74) is 1.89. The number of fused-ring (bicyclic) bond motifs is 1. The lowest BCUT2D eigenvalue weighted by Gasteiger charge is -2.41. The number of aliphatic carboxylic acids is 1. The van der Waals surface area contributed by atoms with Crippen LogP contribution in [0.3, 0.4) is 0 Å². The Hall–Kier alpha value is -2.24. The molecule has 1 atom stereocenters. The average molecular weight is 602 g/mol. The van der Waals surface area contributed by atoms with E-state index in [1.54, 1.807) is 18.4 Å². The Balaban J connectivity index is 1.29. The van der Waals surface area contributed by atoms with E-state index in [0.29, 0.717) is 37.5 Å². The van der Waals surface area contributed by atoms with E-state index in [-0.39, 0.29) is 12.8 Å². The summed E-state index contributed by atoms with van der Waals surface area (Å²) < 4.78 is 28.8.